The van der Waals surface area contributed by atoms with Crippen LogP contribution >= 0.6 is 0 Å². The molecule has 0 radical (unpaired) electrons. The molecule has 0 saturated carbocycles. The maximum atomic E-state index is 12.0. The number of carboxylic acids is 1. The highest BCUT2D eigenvalue weighted by Crippen LogP contribution is 2.31. The molecule has 3 aromatic rings. The van der Waals surface area contributed by atoms with Gasteiger partial charge in [-0.15, -0.1) is 0 Å². The second-order valence-electron chi connectivity index (χ2n) is 6.13. The average molecular weight is 368 g/mol. The Morgan fingerprint density at radius 3 is 2.81 bits per heavy atom. The normalized spacial score (nSPS) is 12.1. The first-order chi connectivity index (χ1) is 13.0. The van der Waals surface area contributed by atoms with Gasteiger partial charge in [0.15, 0.2) is 0 Å². The molecule has 2 heterocycles. The van der Waals surface area contributed by atoms with E-state index in [1.54, 1.807) is 42.4 Å². The summed E-state index contributed by atoms with van der Waals surface area (Å²) in [7, 11) is 3.20. The molecular weight excluding hydrogens is 348 g/mol. The number of nitrogens with zero attached hydrogens (tertiary/aromatic N) is 4. The first-order valence-electron chi connectivity index (χ1n) is 8.31. The molecule has 2 aromatic heterocycles. The summed E-state index contributed by atoms with van der Waals surface area (Å²) in [6.07, 6.45) is 1.64. The number of aryl methyl sites for hydroxylation is 1. The van der Waals surface area contributed by atoms with Gasteiger partial charge in [0, 0.05) is 11.8 Å². The van der Waals surface area contributed by atoms with Gasteiger partial charge in [0.1, 0.15) is 17.5 Å². The predicted octanol–water partition coefficient (Wildman–Crippen LogP) is 2.71. The molecule has 0 spiro atoms. The standard InChI is InChI=1S/C19H20N4O4/c1-12-7-8-15(26-3)13(10-12)17(19(24)25)23(2)11-16-21-18(22-27-16)14-6-4-5-9-20-14/h4-10,17H,11H2,1-3H3,(H,24,25). The molecule has 8 nitrogen and oxygen atoms in total. The highest BCUT2D eigenvalue weighted by molar-refractivity contribution is 5.76. The van der Waals surface area contributed by atoms with Gasteiger partial charge in [-0.2, -0.15) is 4.98 Å². The van der Waals surface area contributed by atoms with Crippen LogP contribution in [0.5, 0.6) is 5.75 Å². The average Bonchev–Trinajstić information content (AvgIpc) is 3.11. The van der Waals surface area contributed by atoms with Crippen LogP contribution in [0, 0.1) is 6.92 Å². The summed E-state index contributed by atoms with van der Waals surface area (Å²) in [5, 5.41) is 13.7. The lowest BCUT2D eigenvalue weighted by atomic mass is 10.0. The number of pyridine rings is 1. The number of carboxylic acid groups (broad SMARTS) is 1. The van der Waals surface area contributed by atoms with Crippen LogP contribution in [-0.4, -0.2) is 45.3 Å². The largest absolute Gasteiger partial charge is 0.496 e. The molecule has 0 fully saturated rings. The lowest BCUT2D eigenvalue weighted by molar-refractivity contribution is -0.143. The van der Waals surface area contributed by atoms with Crippen molar-refractivity contribution in [2.45, 2.75) is 19.5 Å². The molecule has 1 aromatic carbocycles. The SMILES string of the molecule is COc1ccc(C)cc1C(C(=O)O)N(C)Cc1nc(-c2ccccn2)no1. The van der Waals surface area contributed by atoms with E-state index in [-0.39, 0.29) is 6.54 Å². The van der Waals surface area contributed by atoms with Gasteiger partial charge in [0.2, 0.25) is 11.7 Å². The van der Waals surface area contributed by atoms with Gasteiger partial charge in [0.05, 0.1) is 13.7 Å². The minimum absolute atomic E-state index is 0.161. The van der Waals surface area contributed by atoms with E-state index in [1.165, 1.54) is 7.11 Å². The van der Waals surface area contributed by atoms with E-state index in [0.29, 0.717) is 28.7 Å². The number of aliphatic carboxylic acids is 1. The van der Waals surface area contributed by atoms with E-state index in [9.17, 15) is 9.90 Å². The number of rotatable bonds is 7. The first-order valence-corrected chi connectivity index (χ1v) is 8.31. The minimum Gasteiger partial charge on any atom is -0.496 e. The number of methoxy groups -OCH3 is 1. The first kappa shape index (κ1) is 18.5. The molecule has 3 rings (SSSR count). The van der Waals surface area contributed by atoms with Gasteiger partial charge in [-0.25, -0.2) is 0 Å². The van der Waals surface area contributed by atoms with Crippen molar-refractivity contribution in [3.05, 3.63) is 59.6 Å². The zero-order valence-corrected chi connectivity index (χ0v) is 15.3. The summed E-state index contributed by atoms with van der Waals surface area (Å²) in [5.74, 6) is 0.181. The Bertz CT molecular complexity index is 926. The highest BCUT2D eigenvalue weighted by atomic mass is 16.5. The molecule has 1 atom stereocenters. The van der Waals surface area contributed by atoms with Gasteiger partial charge in [0.25, 0.3) is 0 Å². The highest BCUT2D eigenvalue weighted by Gasteiger charge is 2.29. The Labute approximate surface area is 156 Å². The van der Waals surface area contributed by atoms with E-state index in [1.807, 2.05) is 19.1 Å². The van der Waals surface area contributed by atoms with E-state index >= 15 is 0 Å². The van der Waals surface area contributed by atoms with Crippen LogP contribution in [0.1, 0.15) is 23.1 Å². The van der Waals surface area contributed by atoms with Crippen LogP contribution in [0.25, 0.3) is 11.5 Å². The monoisotopic (exact) mass is 368 g/mol. The molecule has 0 bridgehead atoms. The molecule has 140 valence electrons. The molecule has 27 heavy (non-hydrogen) atoms. The van der Waals surface area contributed by atoms with Crippen molar-refractivity contribution in [1.29, 1.82) is 0 Å². The maximum Gasteiger partial charge on any atom is 0.325 e. The van der Waals surface area contributed by atoms with Gasteiger partial charge in [-0.1, -0.05) is 28.9 Å². The van der Waals surface area contributed by atoms with Gasteiger partial charge >= 0.3 is 5.97 Å². The quantitative estimate of drug-likeness (QED) is 0.679. The van der Waals surface area contributed by atoms with Crippen LogP contribution in [-0.2, 0) is 11.3 Å². The van der Waals surface area contributed by atoms with Crippen molar-refractivity contribution in [3.63, 3.8) is 0 Å². The number of carbonyl (C=O) groups is 1. The van der Waals surface area contributed by atoms with Crippen LogP contribution in [0.3, 0.4) is 0 Å². The summed E-state index contributed by atoms with van der Waals surface area (Å²) < 4.78 is 10.6. The van der Waals surface area contributed by atoms with Crippen molar-refractivity contribution in [1.82, 2.24) is 20.0 Å². The summed E-state index contributed by atoms with van der Waals surface area (Å²) in [6, 6.07) is 9.92. The Morgan fingerprint density at radius 2 is 2.15 bits per heavy atom. The van der Waals surface area contributed by atoms with Crippen molar-refractivity contribution < 1.29 is 19.2 Å². The molecule has 1 unspecified atom stereocenters. The summed E-state index contributed by atoms with van der Waals surface area (Å²) in [6.45, 7) is 2.06. The fourth-order valence-electron chi connectivity index (χ4n) is 2.85. The summed E-state index contributed by atoms with van der Waals surface area (Å²) >= 11 is 0. The van der Waals surface area contributed by atoms with Gasteiger partial charge in [-0.05, 0) is 32.2 Å². The maximum absolute atomic E-state index is 12.0. The van der Waals surface area contributed by atoms with Crippen molar-refractivity contribution in [2.24, 2.45) is 0 Å². The predicted molar refractivity (Wildman–Crippen MR) is 97.1 cm³/mol. The Morgan fingerprint density at radius 1 is 1.33 bits per heavy atom. The fraction of sp³-hybridized carbons (Fsp3) is 0.263. The number of benzene rings is 1. The molecule has 0 aliphatic heterocycles. The molecule has 1 N–H and O–H groups in total. The van der Waals surface area contributed by atoms with E-state index in [0.717, 1.165) is 5.56 Å². The number of hydrogen-bond donors (Lipinski definition) is 1. The molecule has 8 heteroatoms. The van der Waals surface area contributed by atoms with E-state index < -0.39 is 12.0 Å². The summed E-state index contributed by atoms with van der Waals surface area (Å²) in [5.41, 5.74) is 2.10. The second-order valence-corrected chi connectivity index (χ2v) is 6.13. The van der Waals surface area contributed by atoms with Crippen LogP contribution in [0.2, 0.25) is 0 Å². The third-order valence-corrected chi connectivity index (χ3v) is 4.10. The lowest BCUT2D eigenvalue weighted by Gasteiger charge is -2.25. The van der Waals surface area contributed by atoms with Crippen LogP contribution in [0.4, 0.5) is 0 Å². The molecule has 0 saturated heterocycles. The lowest BCUT2D eigenvalue weighted by Crippen LogP contribution is -2.31. The second kappa shape index (κ2) is 7.96. The van der Waals surface area contributed by atoms with Gasteiger partial charge < -0.3 is 14.4 Å². The molecule has 0 aliphatic carbocycles. The molecular formula is C19H20N4O4. The number of hydrogen-bond acceptors (Lipinski definition) is 7. The number of ether oxygens (including phenoxy) is 1. The van der Waals surface area contributed by atoms with Crippen molar-refractivity contribution in [3.8, 4) is 17.3 Å². The Kier molecular flexibility index (Phi) is 5.46. The molecule has 0 aliphatic rings. The number of aromatic nitrogens is 3. The van der Waals surface area contributed by atoms with Crippen molar-refractivity contribution in [2.75, 3.05) is 14.2 Å². The summed E-state index contributed by atoms with van der Waals surface area (Å²) in [4.78, 5) is 22.1. The number of likely N-dealkylation sites (N-methyl/N-ethyl adjacent to an activating group) is 1. The smallest absolute Gasteiger partial charge is 0.325 e. The van der Waals surface area contributed by atoms with Crippen LogP contribution < -0.4 is 4.74 Å². The third-order valence-electron chi connectivity index (χ3n) is 4.10. The van der Waals surface area contributed by atoms with Crippen LogP contribution in [0.15, 0.2) is 47.1 Å². The third kappa shape index (κ3) is 4.12. The minimum atomic E-state index is -0.995. The van der Waals surface area contributed by atoms with Crippen molar-refractivity contribution >= 4 is 5.97 Å². The fourth-order valence-corrected chi connectivity index (χ4v) is 2.85. The topological polar surface area (TPSA) is 102 Å². The zero-order valence-electron chi connectivity index (χ0n) is 15.3. The Balaban J connectivity index is 1.85. The Hall–Kier alpha value is -3.26. The van der Waals surface area contributed by atoms with E-state index in [2.05, 4.69) is 15.1 Å². The zero-order chi connectivity index (χ0) is 19.4. The molecule has 0 amide bonds. The van der Waals surface area contributed by atoms with Gasteiger partial charge in [-0.3, -0.25) is 14.7 Å². The van der Waals surface area contributed by atoms with E-state index in [4.69, 9.17) is 9.26 Å².